The summed E-state index contributed by atoms with van der Waals surface area (Å²) >= 11 is 7.33. The van der Waals surface area contributed by atoms with Gasteiger partial charge in [-0.1, -0.05) is 58.3 Å². The van der Waals surface area contributed by atoms with Gasteiger partial charge in [-0.2, -0.15) is 4.98 Å². The molecule has 0 bridgehead atoms. The number of benzene rings is 2. The number of thioether (sulfide) groups is 1. The molecule has 0 saturated heterocycles. The Balaban J connectivity index is 1.43. The predicted octanol–water partition coefficient (Wildman–Crippen LogP) is 5.04. The van der Waals surface area contributed by atoms with Crippen LogP contribution in [0.5, 0.6) is 0 Å². The Morgan fingerprint density at radius 1 is 1.04 bits per heavy atom. The zero-order valence-corrected chi connectivity index (χ0v) is 15.3. The molecule has 2 aromatic heterocycles. The van der Waals surface area contributed by atoms with Crippen molar-refractivity contribution >= 4 is 23.4 Å². The first kappa shape index (κ1) is 16.8. The molecule has 0 saturated carbocycles. The van der Waals surface area contributed by atoms with Crippen LogP contribution in [0, 0.1) is 6.92 Å². The van der Waals surface area contributed by atoms with Crippen LogP contribution in [0.25, 0.3) is 22.8 Å². The highest BCUT2D eigenvalue weighted by Gasteiger charge is 2.13. The summed E-state index contributed by atoms with van der Waals surface area (Å²) in [5.74, 6) is 1.88. The summed E-state index contributed by atoms with van der Waals surface area (Å²) in [6.07, 6.45) is 0. The second-order valence-corrected chi connectivity index (χ2v) is 6.91. The number of aromatic nitrogens is 4. The average molecular weight is 385 g/mol. The molecule has 0 aliphatic heterocycles. The highest BCUT2D eigenvalue weighted by molar-refractivity contribution is 7.98. The Labute approximate surface area is 158 Å². The van der Waals surface area contributed by atoms with E-state index in [0.29, 0.717) is 33.6 Å². The van der Waals surface area contributed by atoms with Crippen molar-refractivity contribution in [3.8, 4) is 22.8 Å². The van der Waals surface area contributed by atoms with Crippen molar-refractivity contribution in [3.05, 3.63) is 65.0 Å². The first-order valence-electron chi connectivity index (χ1n) is 7.79. The SMILES string of the molecule is Cc1ccc(-c2nnc(SCc3nc(-c4cccc(Cl)c4)no3)o2)cc1. The van der Waals surface area contributed by atoms with Gasteiger partial charge in [0.15, 0.2) is 0 Å². The number of rotatable bonds is 5. The van der Waals surface area contributed by atoms with Crippen LogP contribution in [-0.2, 0) is 5.75 Å². The molecule has 0 spiro atoms. The lowest BCUT2D eigenvalue weighted by Gasteiger charge is -1.95. The minimum Gasteiger partial charge on any atom is -0.411 e. The van der Waals surface area contributed by atoms with Crippen LogP contribution in [0.15, 0.2) is 62.7 Å². The zero-order valence-electron chi connectivity index (χ0n) is 13.7. The molecule has 0 atom stereocenters. The lowest BCUT2D eigenvalue weighted by atomic mass is 10.1. The number of hydrogen-bond acceptors (Lipinski definition) is 7. The van der Waals surface area contributed by atoms with Crippen LogP contribution in [0.4, 0.5) is 0 Å². The third-order valence-electron chi connectivity index (χ3n) is 3.58. The van der Waals surface area contributed by atoms with E-state index >= 15 is 0 Å². The molecule has 4 rings (SSSR count). The van der Waals surface area contributed by atoms with Crippen molar-refractivity contribution in [1.82, 2.24) is 20.3 Å². The topological polar surface area (TPSA) is 77.8 Å². The number of aryl methyl sites for hydroxylation is 1. The maximum atomic E-state index is 5.99. The van der Waals surface area contributed by atoms with E-state index in [9.17, 15) is 0 Å². The molecule has 26 heavy (non-hydrogen) atoms. The molecular weight excluding hydrogens is 372 g/mol. The third kappa shape index (κ3) is 3.79. The van der Waals surface area contributed by atoms with Crippen molar-refractivity contribution in [1.29, 1.82) is 0 Å². The van der Waals surface area contributed by atoms with E-state index in [2.05, 4.69) is 20.3 Å². The van der Waals surface area contributed by atoms with Crippen LogP contribution in [-0.4, -0.2) is 20.3 Å². The molecule has 130 valence electrons. The van der Waals surface area contributed by atoms with Crippen molar-refractivity contribution in [2.45, 2.75) is 17.9 Å². The standard InChI is InChI=1S/C18H13ClN4O2S/c1-11-5-7-12(8-6-11)17-21-22-18(24-17)26-10-15-20-16(23-25-15)13-3-2-4-14(19)9-13/h2-9H,10H2,1H3. The van der Waals surface area contributed by atoms with Gasteiger partial charge in [0, 0.05) is 16.1 Å². The van der Waals surface area contributed by atoms with Gasteiger partial charge in [0.25, 0.3) is 5.22 Å². The molecule has 0 radical (unpaired) electrons. The molecule has 0 aliphatic carbocycles. The molecule has 6 nitrogen and oxygen atoms in total. The van der Waals surface area contributed by atoms with E-state index in [1.54, 1.807) is 12.1 Å². The fourth-order valence-corrected chi connectivity index (χ4v) is 3.05. The van der Waals surface area contributed by atoms with Gasteiger partial charge in [0.2, 0.25) is 17.6 Å². The maximum absolute atomic E-state index is 5.99. The fourth-order valence-electron chi connectivity index (χ4n) is 2.26. The van der Waals surface area contributed by atoms with Crippen molar-refractivity contribution < 1.29 is 8.94 Å². The Hall–Kier alpha value is -2.64. The summed E-state index contributed by atoms with van der Waals surface area (Å²) in [4.78, 5) is 4.36. The van der Waals surface area contributed by atoms with E-state index in [1.165, 1.54) is 17.3 Å². The molecule has 0 aliphatic rings. The van der Waals surface area contributed by atoms with E-state index in [1.807, 2.05) is 43.3 Å². The molecule has 8 heteroatoms. The first-order chi connectivity index (χ1) is 12.7. The smallest absolute Gasteiger partial charge is 0.277 e. The maximum Gasteiger partial charge on any atom is 0.277 e. The molecule has 2 aromatic carbocycles. The van der Waals surface area contributed by atoms with Gasteiger partial charge >= 0.3 is 0 Å². The summed E-state index contributed by atoms with van der Waals surface area (Å²) in [6, 6.07) is 15.2. The lowest BCUT2D eigenvalue weighted by Crippen LogP contribution is -1.83. The van der Waals surface area contributed by atoms with Crippen LogP contribution < -0.4 is 0 Å². The molecule has 0 N–H and O–H groups in total. The minimum atomic E-state index is 0.434. The van der Waals surface area contributed by atoms with Gasteiger partial charge in [0.05, 0.1) is 5.75 Å². The largest absolute Gasteiger partial charge is 0.411 e. The molecule has 2 heterocycles. The van der Waals surface area contributed by atoms with E-state index in [0.717, 1.165) is 11.1 Å². The Morgan fingerprint density at radius 3 is 2.69 bits per heavy atom. The molecular formula is C18H13ClN4O2S. The van der Waals surface area contributed by atoms with E-state index < -0.39 is 0 Å². The summed E-state index contributed by atoms with van der Waals surface area (Å²) in [5.41, 5.74) is 2.86. The fraction of sp³-hybridized carbons (Fsp3) is 0.111. The molecule has 4 aromatic rings. The van der Waals surface area contributed by atoms with E-state index in [-0.39, 0.29) is 0 Å². The third-order valence-corrected chi connectivity index (χ3v) is 4.61. The van der Waals surface area contributed by atoms with E-state index in [4.69, 9.17) is 20.5 Å². The van der Waals surface area contributed by atoms with Crippen molar-refractivity contribution in [2.75, 3.05) is 0 Å². The monoisotopic (exact) mass is 384 g/mol. The molecule has 0 amide bonds. The summed E-state index contributed by atoms with van der Waals surface area (Å²) in [7, 11) is 0. The molecule has 0 fully saturated rings. The second-order valence-electron chi connectivity index (χ2n) is 5.55. The van der Waals surface area contributed by atoms with Gasteiger partial charge < -0.3 is 8.94 Å². The van der Waals surface area contributed by atoms with Crippen molar-refractivity contribution in [2.24, 2.45) is 0 Å². The summed E-state index contributed by atoms with van der Waals surface area (Å²) in [5, 5.41) is 13.2. The first-order valence-corrected chi connectivity index (χ1v) is 9.15. The number of nitrogens with zero attached hydrogens (tertiary/aromatic N) is 4. The Morgan fingerprint density at radius 2 is 1.88 bits per heavy atom. The normalized spacial score (nSPS) is 11.0. The van der Waals surface area contributed by atoms with Crippen LogP contribution in [0.2, 0.25) is 5.02 Å². The second kappa shape index (κ2) is 7.31. The van der Waals surface area contributed by atoms with Gasteiger partial charge in [0.1, 0.15) is 0 Å². The number of halogens is 1. The van der Waals surface area contributed by atoms with Gasteiger partial charge in [-0.25, -0.2) is 0 Å². The van der Waals surface area contributed by atoms with Gasteiger partial charge in [-0.3, -0.25) is 0 Å². The molecule has 0 unspecified atom stereocenters. The zero-order chi connectivity index (χ0) is 17.9. The van der Waals surface area contributed by atoms with Crippen LogP contribution >= 0.6 is 23.4 Å². The van der Waals surface area contributed by atoms with Gasteiger partial charge in [-0.05, 0) is 31.2 Å². The van der Waals surface area contributed by atoms with Crippen LogP contribution in [0.1, 0.15) is 11.5 Å². The number of hydrogen-bond donors (Lipinski definition) is 0. The highest BCUT2D eigenvalue weighted by atomic mass is 35.5. The highest BCUT2D eigenvalue weighted by Crippen LogP contribution is 2.26. The van der Waals surface area contributed by atoms with Crippen molar-refractivity contribution in [3.63, 3.8) is 0 Å². The van der Waals surface area contributed by atoms with Crippen LogP contribution in [0.3, 0.4) is 0 Å². The summed E-state index contributed by atoms with van der Waals surface area (Å²) in [6.45, 7) is 2.03. The summed E-state index contributed by atoms with van der Waals surface area (Å²) < 4.78 is 10.9. The Kier molecular flexibility index (Phi) is 4.73. The minimum absolute atomic E-state index is 0.434. The predicted molar refractivity (Wildman–Crippen MR) is 98.8 cm³/mol. The lowest BCUT2D eigenvalue weighted by molar-refractivity contribution is 0.391. The van der Waals surface area contributed by atoms with Gasteiger partial charge in [-0.15, -0.1) is 10.2 Å². The Bertz CT molecular complexity index is 1030. The quantitative estimate of drug-likeness (QED) is 0.446. The average Bonchev–Trinajstić information content (AvgIpc) is 3.30.